The van der Waals surface area contributed by atoms with Gasteiger partial charge in [-0.25, -0.2) is 9.97 Å². The van der Waals surface area contributed by atoms with E-state index in [9.17, 15) is 4.79 Å². The zero-order chi connectivity index (χ0) is 18.0. The van der Waals surface area contributed by atoms with Gasteiger partial charge in [0.2, 0.25) is 5.91 Å². The lowest BCUT2D eigenvalue weighted by Crippen LogP contribution is -2.54. The molecule has 1 aliphatic carbocycles. The van der Waals surface area contributed by atoms with Crippen molar-refractivity contribution in [2.24, 2.45) is 5.41 Å². The van der Waals surface area contributed by atoms with E-state index in [1.807, 2.05) is 0 Å². The molecular formula is C20H30N4O2. The summed E-state index contributed by atoms with van der Waals surface area (Å²) in [5, 5.41) is 0. The third kappa shape index (κ3) is 3.85. The zero-order valence-corrected chi connectivity index (χ0v) is 15.8. The number of piperidine rings is 2. The number of likely N-dealkylation sites (tertiary alicyclic amines) is 1. The molecule has 26 heavy (non-hydrogen) atoms. The van der Waals surface area contributed by atoms with Gasteiger partial charge in [-0.1, -0.05) is 0 Å². The minimum absolute atomic E-state index is 0.212. The number of methoxy groups -OCH3 is 1. The van der Waals surface area contributed by atoms with Gasteiger partial charge in [0.1, 0.15) is 12.1 Å². The fourth-order valence-corrected chi connectivity index (χ4v) is 4.58. The smallest absolute Gasteiger partial charge is 0.222 e. The van der Waals surface area contributed by atoms with Gasteiger partial charge in [0, 0.05) is 69.4 Å². The normalized spacial score (nSPS) is 26.6. The first-order chi connectivity index (χ1) is 12.7. The predicted octanol–water partition coefficient (Wildman–Crippen LogP) is 2.60. The quantitative estimate of drug-likeness (QED) is 0.732. The molecule has 1 saturated carbocycles. The molecule has 0 aromatic carbocycles. The van der Waals surface area contributed by atoms with Crippen LogP contribution in [0.2, 0.25) is 0 Å². The highest BCUT2D eigenvalue weighted by Gasteiger charge is 2.42. The Morgan fingerprint density at radius 3 is 2.96 bits per heavy atom. The predicted molar refractivity (Wildman–Crippen MR) is 100 cm³/mol. The summed E-state index contributed by atoms with van der Waals surface area (Å²) in [6.07, 6.45) is 9.23. The molecule has 1 atom stereocenters. The third-order valence-electron chi connectivity index (χ3n) is 6.18. The monoisotopic (exact) mass is 358 g/mol. The number of amides is 1. The van der Waals surface area contributed by atoms with Gasteiger partial charge in [-0.15, -0.1) is 0 Å². The molecule has 3 heterocycles. The minimum atomic E-state index is 0.212. The van der Waals surface area contributed by atoms with Crippen LogP contribution >= 0.6 is 0 Å². The molecule has 0 bridgehead atoms. The number of nitrogens with zero attached hydrogens (tertiary/aromatic N) is 4. The standard InChI is InChI=1S/C20H30N4O2/c1-26-11-3-10-24-14-20(8-6-19(24)25)7-2-9-23(13-20)18-12-17(16-4-5-16)21-15-22-18/h12,15-16H,2-11,13-14H2,1H3/t20-/m1/s1. The molecule has 1 spiro atoms. The Kier molecular flexibility index (Phi) is 5.11. The minimum Gasteiger partial charge on any atom is -0.385 e. The largest absolute Gasteiger partial charge is 0.385 e. The Bertz CT molecular complexity index is 648. The van der Waals surface area contributed by atoms with Crippen molar-refractivity contribution >= 4 is 11.7 Å². The highest BCUT2D eigenvalue weighted by Crippen LogP contribution is 2.42. The Labute approximate surface area is 155 Å². The van der Waals surface area contributed by atoms with Crippen molar-refractivity contribution in [1.82, 2.24) is 14.9 Å². The van der Waals surface area contributed by atoms with Crippen LogP contribution in [0.25, 0.3) is 0 Å². The highest BCUT2D eigenvalue weighted by molar-refractivity contribution is 5.77. The molecule has 1 aromatic rings. The van der Waals surface area contributed by atoms with Crippen molar-refractivity contribution in [3.63, 3.8) is 0 Å². The lowest BCUT2D eigenvalue weighted by atomic mass is 9.73. The summed E-state index contributed by atoms with van der Waals surface area (Å²) < 4.78 is 5.16. The SMILES string of the molecule is COCCCN1C[C@]2(CCCN(c3cc(C4CC4)ncn3)C2)CCC1=O. The van der Waals surface area contributed by atoms with Gasteiger partial charge in [-0.3, -0.25) is 4.79 Å². The van der Waals surface area contributed by atoms with Gasteiger partial charge in [0.15, 0.2) is 0 Å². The number of carbonyl (C=O) groups is 1. The van der Waals surface area contributed by atoms with Crippen LogP contribution < -0.4 is 4.90 Å². The summed E-state index contributed by atoms with van der Waals surface area (Å²) in [4.78, 5) is 25.9. The van der Waals surface area contributed by atoms with E-state index in [0.29, 0.717) is 24.9 Å². The fourth-order valence-electron chi connectivity index (χ4n) is 4.58. The van der Waals surface area contributed by atoms with Crippen molar-refractivity contribution in [3.8, 4) is 0 Å². The molecule has 0 unspecified atom stereocenters. The van der Waals surface area contributed by atoms with Gasteiger partial charge in [0.05, 0.1) is 0 Å². The number of aromatic nitrogens is 2. The van der Waals surface area contributed by atoms with Crippen molar-refractivity contribution in [2.45, 2.75) is 50.9 Å². The second-order valence-electron chi connectivity index (χ2n) is 8.26. The number of hydrogen-bond acceptors (Lipinski definition) is 5. The van der Waals surface area contributed by atoms with Crippen LogP contribution in [0.4, 0.5) is 5.82 Å². The molecule has 1 amide bonds. The van der Waals surface area contributed by atoms with Gasteiger partial charge >= 0.3 is 0 Å². The molecule has 6 heteroatoms. The molecule has 3 aliphatic rings. The van der Waals surface area contributed by atoms with E-state index in [4.69, 9.17) is 4.74 Å². The second kappa shape index (κ2) is 7.51. The van der Waals surface area contributed by atoms with E-state index < -0.39 is 0 Å². The first-order valence-electron chi connectivity index (χ1n) is 10.0. The van der Waals surface area contributed by atoms with Gasteiger partial charge in [0.25, 0.3) is 0 Å². The summed E-state index contributed by atoms with van der Waals surface area (Å²) in [6, 6.07) is 2.20. The number of ether oxygens (including phenoxy) is 1. The van der Waals surface area contributed by atoms with Crippen LogP contribution in [0.1, 0.15) is 56.6 Å². The summed E-state index contributed by atoms with van der Waals surface area (Å²) in [5.41, 5.74) is 1.42. The van der Waals surface area contributed by atoms with E-state index in [1.54, 1.807) is 13.4 Å². The lowest BCUT2D eigenvalue weighted by Gasteiger charge is -2.48. The maximum Gasteiger partial charge on any atom is 0.222 e. The van der Waals surface area contributed by atoms with Crippen LogP contribution in [0.5, 0.6) is 0 Å². The number of rotatable bonds is 6. The summed E-state index contributed by atoms with van der Waals surface area (Å²) >= 11 is 0. The van der Waals surface area contributed by atoms with Gasteiger partial charge in [-0.2, -0.15) is 0 Å². The van der Waals surface area contributed by atoms with E-state index in [0.717, 1.165) is 44.8 Å². The highest BCUT2D eigenvalue weighted by atomic mass is 16.5. The summed E-state index contributed by atoms with van der Waals surface area (Å²) in [6.45, 7) is 4.47. The molecule has 3 fully saturated rings. The third-order valence-corrected chi connectivity index (χ3v) is 6.18. The molecule has 2 saturated heterocycles. The number of carbonyl (C=O) groups excluding carboxylic acids is 1. The average molecular weight is 358 g/mol. The Hall–Kier alpha value is -1.69. The van der Waals surface area contributed by atoms with E-state index in [1.165, 1.54) is 31.4 Å². The number of anilines is 1. The van der Waals surface area contributed by atoms with Gasteiger partial charge in [-0.05, 0) is 38.5 Å². The van der Waals surface area contributed by atoms with E-state index >= 15 is 0 Å². The molecule has 142 valence electrons. The first-order valence-corrected chi connectivity index (χ1v) is 10.0. The van der Waals surface area contributed by atoms with E-state index in [-0.39, 0.29) is 5.41 Å². The van der Waals surface area contributed by atoms with Crippen LogP contribution in [0, 0.1) is 5.41 Å². The maximum atomic E-state index is 12.3. The van der Waals surface area contributed by atoms with Crippen LogP contribution in [0.3, 0.4) is 0 Å². The molecule has 6 nitrogen and oxygen atoms in total. The Morgan fingerprint density at radius 2 is 2.15 bits per heavy atom. The topological polar surface area (TPSA) is 58.6 Å². The summed E-state index contributed by atoms with van der Waals surface area (Å²) in [7, 11) is 1.72. The lowest BCUT2D eigenvalue weighted by molar-refractivity contribution is -0.138. The molecule has 1 aromatic heterocycles. The summed E-state index contributed by atoms with van der Waals surface area (Å²) in [5.74, 6) is 2.03. The molecular weight excluding hydrogens is 328 g/mol. The zero-order valence-electron chi connectivity index (χ0n) is 15.8. The van der Waals surface area contributed by atoms with Crippen LogP contribution in [-0.2, 0) is 9.53 Å². The van der Waals surface area contributed by atoms with Crippen LogP contribution in [-0.4, -0.2) is 60.7 Å². The fraction of sp³-hybridized carbons (Fsp3) is 0.750. The van der Waals surface area contributed by atoms with Crippen molar-refractivity contribution in [3.05, 3.63) is 18.1 Å². The maximum absolute atomic E-state index is 12.3. The first kappa shape index (κ1) is 17.7. The van der Waals surface area contributed by atoms with Crippen LogP contribution in [0.15, 0.2) is 12.4 Å². The van der Waals surface area contributed by atoms with Crippen molar-refractivity contribution < 1.29 is 9.53 Å². The second-order valence-corrected chi connectivity index (χ2v) is 8.26. The van der Waals surface area contributed by atoms with E-state index in [2.05, 4.69) is 25.8 Å². The molecule has 2 aliphatic heterocycles. The average Bonchev–Trinajstić information content (AvgIpc) is 3.51. The van der Waals surface area contributed by atoms with Crippen molar-refractivity contribution in [2.75, 3.05) is 44.8 Å². The molecule has 0 radical (unpaired) electrons. The van der Waals surface area contributed by atoms with Crippen molar-refractivity contribution in [1.29, 1.82) is 0 Å². The molecule has 0 N–H and O–H groups in total. The van der Waals surface area contributed by atoms with Gasteiger partial charge < -0.3 is 14.5 Å². The molecule has 4 rings (SSSR count). The Balaban J connectivity index is 1.45. The number of hydrogen-bond donors (Lipinski definition) is 0. The Morgan fingerprint density at radius 1 is 1.27 bits per heavy atom.